The maximum atomic E-state index is 8.79. The maximum absolute atomic E-state index is 8.79. The number of nitrogens with one attached hydrogen (secondary N) is 1. The molecule has 0 unspecified atom stereocenters. The number of hydrogen-bond donors (Lipinski definition) is 3. The average molecular weight is 221 g/mol. The van der Waals surface area contributed by atoms with Crippen molar-refractivity contribution in [2.24, 2.45) is 0 Å². The second-order valence-electron chi connectivity index (χ2n) is 3.21. The lowest BCUT2D eigenvalue weighted by atomic mass is 10.1. The van der Waals surface area contributed by atoms with E-state index in [1.807, 2.05) is 25.1 Å². The van der Waals surface area contributed by atoms with E-state index in [0.29, 0.717) is 5.69 Å². The molecule has 0 aliphatic carbocycles. The van der Waals surface area contributed by atoms with Crippen LogP contribution in [0.5, 0.6) is 0 Å². The van der Waals surface area contributed by atoms with Gasteiger partial charge in [-0.2, -0.15) is 4.37 Å². The summed E-state index contributed by atoms with van der Waals surface area (Å²) < 4.78 is 4.27. The highest BCUT2D eigenvalue weighted by molar-refractivity contribution is 7.10. The molecule has 1 aromatic carbocycles. The second-order valence-corrected chi connectivity index (χ2v) is 4.02. The quantitative estimate of drug-likeness (QED) is 0.681. The summed E-state index contributed by atoms with van der Waals surface area (Å²) in [6.07, 6.45) is 0. The van der Waals surface area contributed by atoms with Crippen LogP contribution in [-0.4, -0.2) is 9.58 Å². The lowest BCUT2D eigenvalue weighted by molar-refractivity contribution is 0.389. The highest BCUT2D eigenvalue weighted by atomic mass is 32.1. The van der Waals surface area contributed by atoms with Crippen molar-refractivity contribution in [1.82, 2.24) is 4.37 Å². The van der Waals surface area contributed by atoms with Gasteiger partial charge in [0, 0.05) is 11.1 Å². The van der Waals surface area contributed by atoms with Gasteiger partial charge >= 0.3 is 0 Å². The standard InChI is InChI=1S/C10H11N3OS/c1-6-9(13-15-10(6)11)7-3-2-4-8(5-7)12-14/h2-5,12,14H,11H2,1H3. The number of hydrogen-bond acceptors (Lipinski definition) is 5. The summed E-state index contributed by atoms with van der Waals surface area (Å²) in [5.74, 6) is 0. The topological polar surface area (TPSA) is 71.2 Å². The molecule has 0 aliphatic rings. The summed E-state index contributed by atoms with van der Waals surface area (Å²) in [4.78, 5) is 0. The number of anilines is 2. The molecule has 0 saturated heterocycles. The van der Waals surface area contributed by atoms with Crippen LogP contribution in [0.2, 0.25) is 0 Å². The number of nitrogen functional groups attached to an aromatic ring is 1. The van der Waals surface area contributed by atoms with Gasteiger partial charge in [-0.1, -0.05) is 12.1 Å². The first-order valence-electron chi connectivity index (χ1n) is 4.44. The van der Waals surface area contributed by atoms with Gasteiger partial charge in [-0.3, -0.25) is 10.7 Å². The molecule has 0 aliphatic heterocycles. The zero-order valence-electron chi connectivity index (χ0n) is 8.19. The number of rotatable bonds is 2. The Morgan fingerprint density at radius 3 is 2.87 bits per heavy atom. The molecule has 2 aromatic rings. The molecule has 78 valence electrons. The molecule has 0 radical (unpaired) electrons. The van der Waals surface area contributed by atoms with Crippen molar-refractivity contribution >= 4 is 22.2 Å². The highest BCUT2D eigenvalue weighted by Crippen LogP contribution is 2.30. The first-order valence-corrected chi connectivity index (χ1v) is 5.22. The van der Waals surface area contributed by atoms with Gasteiger partial charge in [0.1, 0.15) is 5.00 Å². The van der Waals surface area contributed by atoms with Crippen LogP contribution in [0.3, 0.4) is 0 Å². The van der Waals surface area contributed by atoms with Crippen LogP contribution in [-0.2, 0) is 0 Å². The molecule has 0 spiro atoms. The number of benzene rings is 1. The lowest BCUT2D eigenvalue weighted by Gasteiger charge is -2.02. The fraction of sp³-hybridized carbons (Fsp3) is 0.100. The van der Waals surface area contributed by atoms with E-state index in [4.69, 9.17) is 10.9 Å². The van der Waals surface area contributed by atoms with Crippen molar-refractivity contribution in [3.8, 4) is 11.3 Å². The Morgan fingerprint density at radius 2 is 2.27 bits per heavy atom. The van der Waals surface area contributed by atoms with Gasteiger partial charge in [-0.15, -0.1) is 0 Å². The molecule has 5 heteroatoms. The smallest absolute Gasteiger partial charge is 0.110 e. The van der Waals surface area contributed by atoms with E-state index in [0.717, 1.165) is 21.8 Å². The Kier molecular flexibility index (Phi) is 2.57. The zero-order chi connectivity index (χ0) is 10.8. The van der Waals surface area contributed by atoms with E-state index in [9.17, 15) is 0 Å². The zero-order valence-corrected chi connectivity index (χ0v) is 9.01. The Hall–Kier alpha value is -1.59. The van der Waals surface area contributed by atoms with E-state index >= 15 is 0 Å². The third-order valence-corrected chi connectivity index (χ3v) is 3.00. The van der Waals surface area contributed by atoms with Crippen LogP contribution in [0.15, 0.2) is 24.3 Å². The minimum absolute atomic E-state index is 0.637. The molecule has 4 N–H and O–H groups in total. The van der Waals surface area contributed by atoms with Crippen LogP contribution in [0, 0.1) is 6.92 Å². The van der Waals surface area contributed by atoms with Crippen LogP contribution >= 0.6 is 11.5 Å². The first-order chi connectivity index (χ1) is 7.22. The molecule has 1 heterocycles. The Morgan fingerprint density at radius 1 is 1.47 bits per heavy atom. The molecule has 0 atom stereocenters. The van der Waals surface area contributed by atoms with E-state index in [1.54, 1.807) is 6.07 Å². The third kappa shape index (κ3) is 1.79. The SMILES string of the molecule is Cc1c(-c2cccc(NO)c2)nsc1N. The number of aromatic nitrogens is 1. The van der Waals surface area contributed by atoms with Crippen LogP contribution < -0.4 is 11.2 Å². The van der Waals surface area contributed by atoms with E-state index in [1.165, 1.54) is 11.5 Å². The van der Waals surface area contributed by atoms with Crippen LogP contribution in [0.1, 0.15) is 5.56 Å². The molecule has 0 bridgehead atoms. The van der Waals surface area contributed by atoms with Crippen molar-refractivity contribution in [2.45, 2.75) is 6.92 Å². The van der Waals surface area contributed by atoms with Crippen molar-refractivity contribution in [2.75, 3.05) is 11.2 Å². The predicted molar refractivity (Wildman–Crippen MR) is 62.1 cm³/mol. The van der Waals surface area contributed by atoms with Gasteiger partial charge in [-0.05, 0) is 30.6 Å². The fourth-order valence-electron chi connectivity index (χ4n) is 1.35. The number of nitrogens with two attached hydrogens (primary N) is 1. The van der Waals surface area contributed by atoms with Crippen molar-refractivity contribution in [3.63, 3.8) is 0 Å². The molecule has 0 saturated carbocycles. The van der Waals surface area contributed by atoms with Gasteiger partial charge in [0.05, 0.1) is 11.4 Å². The molecule has 0 amide bonds. The summed E-state index contributed by atoms with van der Waals surface area (Å²) in [5, 5.41) is 9.52. The van der Waals surface area contributed by atoms with E-state index < -0.39 is 0 Å². The van der Waals surface area contributed by atoms with E-state index in [-0.39, 0.29) is 0 Å². The first kappa shape index (κ1) is 9.95. The Balaban J connectivity index is 2.49. The van der Waals surface area contributed by atoms with Gasteiger partial charge in [0.2, 0.25) is 0 Å². The van der Waals surface area contributed by atoms with Gasteiger partial charge in [-0.25, -0.2) is 0 Å². The molecule has 0 fully saturated rings. The normalized spacial score (nSPS) is 10.3. The summed E-state index contributed by atoms with van der Waals surface area (Å²) in [7, 11) is 0. The Bertz CT molecular complexity index is 481. The monoisotopic (exact) mass is 221 g/mol. The van der Waals surface area contributed by atoms with Crippen molar-refractivity contribution in [3.05, 3.63) is 29.8 Å². The Labute approximate surface area is 91.5 Å². The third-order valence-electron chi connectivity index (χ3n) is 2.23. The van der Waals surface area contributed by atoms with Gasteiger partial charge in [0.25, 0.3) is 0 Å². The van der Waals surface area contributed by atoms with Crippen LogP contribution in [0.4, 0.5) is 10.7 Å². The maximum Gasteiger partial charge on any atom is 0.110 e. The largest absolute Gasteiger partial charge is 0.389 e. The molecule has 4 nitrogen and oxygen atoms in total. The van der Waals surface area contributed by atoms with Crippen molar-refractivity contribution in [1.29, 1.82) is 0 Å². The number of nitrogens with zero attached hydrogens (tertiary/aromatic N) is 1. The van der Waals surface area contributed by atoms with Crippen molar-refractivity contribution < 1.29 is 5.21 Å². The van der Waals surface area contributed by atoms with E-state index in [2.05, 4.69) is 9.85 Å². The fourth-order valence-corrected chi connectivity index (χ4v) is 2.02. The van der Waals surface area contributed by atoms with Gasteiger partial charge in [0.15, 0.2) is 0 Å². The lowest BCUT2D eigenvalue weighted by Crippen LogP contribution is -1.90. The summed E-state index contributed by atoms with van der Waals surface area (Å²) in [6.45, 7) is 1.94. The van der Waals surface area contributed by atoms with Crippen LogP contribution in [0.25, 0.3) is 11.3 Å². The molecular formula is C10H11N3OS. The highest BCUT2D eigenvalue weighted by Gasteiger charge is 2.09. The average Bonchev–Trinajstić information content (AvgIpc) is 2.60. The molecule has 1 aromatic heterocycles. The minimum Gasteiger partial charge on any atom is -0.389 e. The summed E-state index contributed by atoms with van der Waals surface area (Å²) in [6, 6.07) is 7.38. The summed E-state index contributed by atoms with van der Waals surface area (Å²) >= 11 is 1.28. The molecule has 15 heavy (non-hydrogen) atoms. The summed E-state index contributed by atoms with van der Waals surface area (Å²) in [5.41, 5.74) is 11.3. The molecular weight excluding hydrogens is 210 g/mol. The predicted octanol–water partition coefficient (Wildman–Crippen LogP) is 2.50. The second kappa shape index (κ2) is 3.88. The van der Waals surface area contributed by atoms with Gasteiger partial charge < -0.3 is 5.73 Å². The minimum atomic E-state index is 0.637. The molecule has 2 rings (SSSR count).